The van der Waals surface area contributed by atoms with Crippen molar-refractivity contribution in [1.29, 1.82) is 0 Å². The van der Waals surface area contributed by atoms with Crippen molar-refractivity contribution in [2.24, 2.45) is 10.7 Å². The van der Waals surface area contributed by atoms with Crippen molar-refractivity contribution >= 4 is 5.96 Å². The van der Waals surface area contributed by atoms with Crippen molar-refractivity contribution < 1.29 is 13.5 Å². The fraction of sp³-hybridized carbons (Fsp3) is 0.533. The molecule has 1 aliphatic rings. The van der Waals surface area contributed by atoms with Crippen LogP contribution in [0.15, 0.2) is 23.2 Å². The molecule has 0 amide bonds. The molecule has 0 saturated heterocycles. The number of nitrogens with one attached hydrogen (secondary N) is 1. The number of methoxy groups -OCH3 is 1. The van der Waals surface area contributed by atoms with Gasteiger partial charge >= 0.3 is 0 Å². The predicted octanol–water partition coefficient (Wildman–Crippen LogP) is 1.94. The minimum absolute atomic E-state index is 0.0269. The van der Waals surface area contributed by atoms with Gasteiger partial charge in [0.05, 0.1) is 13.2 Å². The van der Waals surface area contributed by atoms with E-state index in [9.17, 15) is 8.78 Å². The van der Waals surface area contributed by atoms with Crippen LogP contribution in [0.25, 0.3) is 0 Å². The van der Waals surface area contributed by atoms with Crippen LogP contribution in [-0.2, 0) is 10.2 Å². The van der Waals surface area contributed by atoms with Gasteiger partial charge in [-0.15, -0.1) is 0 Å². The summed E-state index contributed by atoms with van der Waals surface area (Å²) in [5.41, 5.74) is 5.37. The predicted molar refractivity (Wildman–Crippen MR) is 78.2 cm³/mol. The van der Waals surface area contributed by atoms with E-state index >= 15 is 0 Å². The number of hydrogen-bond acceptors (Lipinski definition) is 2. The highest BCUT2D eigenvalue weighted by Crippen LogP contribution is 2.50. The van der Waals surface area contributed by atoms with Crippen LogP contribution in [-0.4, -0.2) is 32.3 Å². The molecule has 0 radical (unpaired) electrons. The lowest BCUT2D eigenvalue weighted by Gasteiger charge is -2.17. The topological polar surface area (TPSA) is 59.6 Å². The number of nitrogens with zero attached hydrogens (tertiary/aromatic N) is 1. The molecule has 0 aromatic heterocycles. The normalized spacial score (nSPS) is 18.4. The molecule has 4 nitrogen and oxygen atoms in total. The van der Waals surface area contributed by atoms with Crippen LogP contribution >= 0.6 is 0 Å². The van der Waals surface area contributed by atoms with Gasteiger partial charge < -0.3 is 15.8 Å². The number of rotatable bonds is 6. The van der Waals surface area contributed by atoms with Gasteiger partial charge in [-0.25, -0.2) is 8.78 Å². The largest absolute Gasteiger partial charge is 0.383 e. The monoisotopic (exact) mass is 297 g/mol. The van der Waals surface area contributed by atoms with Crippen LogP contribution in [0.1, 0.15) is 25.3 Å². The summed E-state index contributed by atoms with van der Waals surface area (Å²) in [6, 6.07) is 3.96. The maximum Gasteiger partial charge on any atom is 0.188 e. The Morgan fingerprint density at radius 3 is 2.57 bits per heavy atom. The summed E-state index contributed by atoms with van der Waals surface area (Å²) in [5.74, 6) is -0.758. The Morgan fingerprint density at radius 1 is 1.43 bits per heavy atom. The fourth-order valence-corrected chi connectivity index (χ4v) is 2.47. The quantitative estimate of drug-likeness (QED) is 0.623. The number of aliphatic imine (C=N–C) groups is 1. The summed E-state index contributed by atoms with van der Waals surface area (Å²) in [7, 11) is 1.60. The van der Waals surface area contributed by atoms with Crippen molar-refractivity contribution in [1.82, 2.24) is 5.32 Å². The molecule has 1 unspecified atom stereocenters. The summed E-state index contributed by atoms with van der Waals surface area (Å²) in [6.45, 7) is 2.70. The summed E-state index contributed by atoms with van der Waals surface area (Å²) >= 11 is 0. The number of ether oxygens (including phenoxy) is 1. The molecule has 1 aliphatic carbocycles. The van der Waals surface area contributed by atoms with Crippen molar-refractivity contribution in [3.8, 4) is 0 Å². The van der Waals surface area contributed by atoms with Gasteiger partial charge in [0.2, 0.25) is 0 Å². The molecule has 1 fully saturated rings. The third-order valence-electron chi connectivity index (χ3n) is 3.71. The summed E-state index contributed by atoms with van der Waals surface area (Å²) < 4.78 is 32.7. The molecule has 0 aliphatic heterocycles. The first-order valence-electron chi connectivity index (χ1n) is 6.98. The summed E-state index contributed by atoms with van der Waals surface area (Å²) in [5, 5.41) is 2.98. The first-order chi connectivity index (χ1) is 9.98. The average molecular weight is 297 g/mol. The molecular weight excluding hydrogens is 276 g/mol. The zero-order valence-electron chi connectivity index (χ0n) is 12.3. The second-order valence-corrected chi connectivity index (χ2v) is 5.58. The molecule has 0 bridgehead atoms. The second kappa shape index (κ2) is 6.39. The van der Waals surface area contributed by atoms with Crippen molar-refractivity contribution in [2.45, 2.75) is 31.2 Å². The van der Waals surface area contributed by atoms with Crippen LogP contribution < -0.4 is 11.1 Å². The van der Waals surface area contributed by atoms with Gasteiger partial charge in [0.25, 0.3) is 0 Å². The lowest BCUT2D eigenvalue weighted by molar-refractivity contribution is 0.179. The molecule has 2 rings (SSSR count). The Kier molecular flexibility index (Phi) is 4.77. The average Bonchev–Trinajstić information content (AvgIpc) is 3.17. The highest BCUT2D eigenvalue weighted by atomic mass is 19.1. The number of hydrogen-bond donors (Lipinski definition) is 2. The number of nitrogens with two attached hydrogens (primary N) is 1. The van der Waals surface area contributed by atoms with Gasteiger partial charge in [-0.1, -0.05) is 6.07 Å². The molecule has 0 heterocycles. The van der Waals surface area contributed by atoms with E-state index in [2.05, 4.69) is 10.3 Å². The van der Waals surface area contributed by atoms with Gasteiger partial charge in [-0.3, -0.25) is 4.99 Å². The standard InChI is InChI=1S/C15H21F2N3O/c1-10(8-21-2)20-14(18)19-9-15(6-7-15)13-11(16)4-3-5-12(13)17/h3-5,10H,6-9H2,1-2H3,(H3,18,19,20). The van der Waals surface area contributed by atoms with Gasteiger partial charge in [0.1, 0.15) is 11.6 Å². The zero-order chi connectivity index (χ0) is 15.5. The van der Waals surface area contributed by atoms with E-state index in [0.717, 1.165) is 12.8 Å². The smallest absolute Gasteiger partial charge is 0.188 e. The Hall–Kier alpha value is -1.69. The molecule has 1 aromatic carbocycles. The molecule has 6 heteroatoms. The minimum atomic E-state index is -0.549. The van der Waals surface area contributed by atoms with E-state index in [1.165, 1.54) is 18.2 Å². The Labute approximate surface area is 123 Å². The van der Waals surface area contributed by atoms with Crippen molar-refractivity contribution in [3.05, 3.63) is 35.4 Å². The molecule has 3 N–H and O–H groups in total. The van der Waals surface area contributed by atoms with E-state index in [0.29, 0.717) is 6.61 Å². The summed E-state index contributed by atoms with van der Waals surface area (Å²) in [6.07, 6.45) is 1.44. The zero-order valence-corrected chi connectivity index (χ0v) is 12.3. The first kappa shape index (κ1) is 15.7. The molecule has 1 saturated carbocycles. The third-order valence-corrected chi connectivity index (χ3v) is 3.71. The summed E-state index contributed by atoms with van der Waals surface area (Å²) in [4.78, 5) is 4.23. The fourth-order valence-electron chi connectivity index (χ4n) is 2.47. The van der Waals surface area contributed by atoms with Crippen LogP contribution in [0.5, 0.6) is 0 Å². The van der Waals surface area contributed by atoms with E-state index in [4.69, 9.17) is 10.5 Å². The lowest BCUT2D eigenvalue weighted by atomic mass is 9.95. The van der Waals surface area contributed by atoms with Gasteiger partial charge in [0.15, 0.2) is 5.96 Å². The highest BCUT2D eigenvalue weighted by molar-refractivity contribution is 5.78. The van der Waals surface area contributed by atoms with E-state index < -0.39 is 17.0 Å². The van der Waals surface area contributed by atoms with Crippen molar-refractivity contribution in [3.63, 3.8) is 0 Å². The second-order valence-electron chi connectivity index (χ2n) is 5.58. The SMILES string of the molecule is COCC(C)NC(N)=NCC1(c2c(F)cccc2F)CC1. The Morgan fingerprint density at radius 2 is 2.05 bits per heavy atom. The van der Waals surface area contributed by atoms with E-state index in [-0.39, 0.29) is 24.1 Å². The van der Waals surface area contributed by atoms with E-state index in [1.807, 2.05) is 6.92 Å². The molecule has 116 valence electrons. The molecule has 1 aromatic rings. The molecule has 1 atom stereocenters. The van der Waals surface area contributed by atoms with Crippen molar-refractivity contribution in [2.75, 3.05) is 20.3 Å². The Bertz CT molecular complexity index is 509. The first-order valence-corrected chi connectivity index (χ1v) is 6.98. The number of guanidine groups is 1. The number of halogens is 2. The van der Waals surface area contributed by atoms with Crippen LogP contribution in [0.4, 0.5) is 8.78 Å². The minimum Gasteiger partial charge on any atom is -0.383 e. The van der Waals surface area contributed by atoms with E-state index in [1.54, 1.807) is 7.11 Å². The highest BCUT2D eigenvalue weighted by Gasteiger charge is 2.47. The maximum atomic E-state index is 13.9. The van der Waals surface area contributed by atoms with Crippen LogP contribution in [0, 0.1) is 11.6 Å². The molecular formula is C15H21F2N3O. The van der Waals surface area contributed by atoms with Gasteiger partial charge in [-0.2, -0.15) is 0 Å². The van der Waals surface area contributed by atoms with Crippen LogP contribution in [0.2, 0.25) is 0 Å². The number of benzene rings is 1. The molecule has 21 heavy (non-hydrogen) atoms. The lowest BCUT2D eigenvalue weighted by Crippen LogP contribution is -2.41. The van der Waals surface area contributed by atoms with Crippen LogP contribution in [0.3, 0.4) is 0 Å². The van der Waals surface area contributed by atoms with Gasteiger partial charge in [0, 0.05) is 24.1 Å². The third kappa shape index (κ3) is 3.69. The van der Waals surface area contributed by atoms with Gasteiger partial charge in [-0.05, 0) is 31.9 Å². The Balaban J connectivity index is 2.05. The maximum absolute atomic E-state index is 13.9. The molecule has 0 spiro atoms.